The fraction of sp³-hybridized carbons (Fsp3) is 0.375. The van der Waals surface area contributed by atoms with Crippen LogP contribution in [0.25, 0.3) is 11.4 Å². The van der Waals surface area contributed by atoms with Crippen LogP contribution < -0.4 is 5.32 Å². The monoisotopic (exact) mass is 451 g/mol. The Kier molecular flexibility index (Phi) is 6.83. The first-order valence-electron chi connectivity index (χ1n) is 10.9. The summed E-state index contributed by atoms with van der Waals surface area (Å²) in [7, 11) is 0. The number of morpholine rings is 1. The molecule has 4 rings (SSSR count). The van der Waals surface area contributed by atoms with E-state index in [4.69, 9.17) is 17.0 Å². The van der Waals surface area contributed by atoms with Crippen LogP contribution in [-0.4, -0.2) is 50.9 Å². The number of carbonyl (C=O) groups is 1. The lowest BCUT2D eigenvalue weighted by Gasteiger charge is -2.35. The molecule has 1 aliphatic rings. The summed E-state index contributed by atoms with van der Waals surface area (Å²) in [5.74, 6) is 0.502. The Hall–Kier alpha value is -2.81. The number of ether oxygens (including phenoxy) is 1. The maximum atomic E-state index is 13.0. The molecule has 2 N–H and O–H groups in total. The van der Waals surface area contributed by atoms with Gasteiger partial charge >= 0.3 is 0 Å². The Morgan fingerprint density at radius 1 is 1.16 bits per heavy atom. The molecule has 1 aliphatic heterocycles. The van der Waals surface area contributed by atoms with Gasteiger partial charge in [-0.05, 0) is 44.6 Å². The molecule has 0 saturated carbocycles. The molecule has 1 fully saturated rings. The molecule has 2 heterocycles. The van der Waals surface area contributed by atoms with Crippen molar-refractivity contribution in [2.75, 3.05) is 18.4 Å². The second-order valence-electron chi connectivity index (χ2n) is 8.46. The molecule has 1 saturated heterocycles. The number of hydrogen-bond donors (Lipinski definition) is 2. The molecule has 2 atom stereocenters. The van der Waals surface area contributed by atoms with Crippen molar-refractivity contribution < 1.29 is 9.53 Å². The highest BCUT2D eigenvalue weighted by Gasteiger charge is 2.23. The molecule has 3 aromatic rings. The number of aryl methyl sites for hydroxylation is 1. The van der Waals surface area contributed by atoms with E-state index in [1.54, 1.807) is 4.57 Å². The number of aromatic nitrogens is 3. The molecule has 0 aliphatic carbocycles. The number of amides is 1. The molecule has 2 aromatic carbocycles. The number of nitrogens with zero attached hydrogens (tertiary/aromatic N) is 3. The van der Waals surface area contributed by atoms with Crippen molar-refractivity contribution in [1.82, 2.24) is 19.7 Å². The van der Waals surface area contributed by atoms with Crippen molar-refractivity contribution in [2.24, 2.45) is 0 Å². The van der Waals surface area contributed by atoms with Crippen LogP contribution in [0.2, 0.25) is 0 Å². The molecule has 7 nitrogen and oxygen atoms in total. The Morgan fingerprint density at radius 2 is 1.84 bits per heavy atom. The van der Waals surface area contributed by atoms with Gasteiger partial charge in [0.25, 0.3) is 0 Å². The summed E-state index contributed by atoms with van der Waals surface area (Å²) in [6, 6.07) is 15.9. The fourth-order valence-electron chi connectivity index (χ4n) is 4.16. The van der Waals surface area contributed by atoms with E-state index >= 15 is 0 Å². The molecule has 2 unspecified atom stereocenters. The van der Waals surface area contributed by atoms with E-state index in [-0.39, 0.29) is 24.7 Å². The van der Waals surface area contributed by atoms with Crippen LogP contribution in [0.5, 0.6) is 0 Å². The summed E-state index contributed by atoms with van der Waals surface area (Å²) in [5, 5.41) is 10.2. The standard InChI is InChI=1S/C24H29N5O2S/c1-16-8-10-19(11-9-16)23-26-27-24(32)29(23)15-22(30)25-21-7-5-4-6-20(21)14-28-12-17(2)31-18(3)13-28/h4-11,17-18H,12-15H2,1-3H3,(H,25,30)(H,27,32). The molecule has 32 heavy (non-hydrogen) atoms. The van der Waals surface area contributed by atoms with Gasteiger partial charge in [-0.15, -0.1) is 0 Å². The van der Waals surface area contributed by atoms with Crippen LogP contribution in [0, 0.1) is 11.7 Å². The van der Waals surface area contributed by atoms with Crippen LogP contribution in [0.1, 0.15) is 25.0 Å². The minimum atomic E-state index is -0.146. The van der Waals surface area contributed by atoms with Crippen molar-refractivity contribution in [3.8, 4) is 11.4 Å². The van der Waals surface area contributed by atoms with Crippen LogP contribution in [-0.2, 0) is 22.6 Å². The first-order valence-corrected chi connectivity index (χ1v) is 11.3. The zero-order valence-electron chi connectivity index (χ0n) is 18.7. The summed E-state index contributed by atoms with van der Waals surface area (Å²) in [6.45, 7) is 8.80. The van der Waals surface area contributed by atoms with Gasteiger partial charge in [-0.3, -0.25) is 19.4 Å². The quantitative estimate of drug-likeness (QED) is 0.551. The first-order chi connectivity index (χ1) is 15.4. The van der Waals surface area contributed by atoms with Gasteiger partial charge in [-0.25, -0.2) is 0 Å². The predicted molar refractivity (Wildman–Crippen MR) is 128 cm³/mol. The molecule has 1 aromatic heterocycles. The number of nitrogens with one attached hydrogen (secondary N) is 2. The van der Waals surface area contributed by atoms with Crippen LogP contribution in [0.4, 0.5) is 5.69 Å². The summed E-state index contributed by atoms with van der Waals surface area (Å²) in [4.78, 5) is 15.3. The van der Waals surface area contributed by atoms with Crippen LogP contribution in [0.15, 0.2) is 48.5 Å². The smallest absolute Gasteiger partial charge is 0.244 e. The second-order valence-corrected chi connectivity index (χ2v) is 8.85. The van der Waals surface area contributed by atoms with Crippen molar-refractivity contribution in [1.29, 1.82) is 0 Å². The lowest BCUT2D eigenvalue weighted by molar-refractivity contribution is -0.116. The van der Waals surface area contributed by atoms with E-state index in [2.05, 4.69) is 40.3 Å². The van der Waals surface area contributed by atoms with Crippen molar-refractivity contribution in [2.45, 2.75) is 46.1 Å². The fourth-order valence-corrected chi connectivity index (χ4v) is 4.35. The van der Waals surface area contributed by atoms with Crippen LogP contribution >= 0.6 is 12.2 Å². The van der Waals surface area contributed by atoms with Gasteiger partial charge in [0.05, 0.1) is 12.2 Å². The molecular formula is C24H29N5O2S. The van der Waals surface area contributed by atoms with Gasteiger partial charge in [0, 0.05) is 30.9 Å². The van der Waals surface area contributed by atoms with E-state index < -0.39 is 0 Å². The minimum absolute atomic E-state index is 0.0818. The Bertz CT molecular complexity index is 1130. The summed E-state index contributed by atoms with van der Waals surface area (Å²) in [6.07, 6.45) is 0.396. The third-order valence-electron chi connectivity index (χ3n) is 5.55. The number of hydrogen-bond acceptors (Lipinski definition) is 5. The summed E-state index contributed by atoms with van der Waals surface area (Å²) in [5.41, 5.74) is 3.97. The summed E-state index contributed by atoms with van der Waals surface area (Å²) >= 11 is 5.38. The number of benzene rings is 2. The van der Waals surface area contributed by atoms with Crippen molar-refractivity contribution in [3.63, 3.8) is 0 Å². The van der Waals surface area contributed by atoms with E-state index in [0.717, 1.165) is 42.0 Å². The van der Waals surface area contributed by atoms with Gasteiger partial charge in [-0.2, -0.15) is 5.10 Å². The maximum absolute atomic E-state index is 13.0. The maximum Gasteiger partial charge on any atom is 0.244 e. The van der Waals surface area contributed by atoms with Gasteiger partial charge in [0.15, 0.2) is 10.6 Å². The third-order valence-corrected chi connectivity index (χ3v) is 5.86. The van der Waals surface area contributed by atoms with E-state index in [1.165, 1.54) is 0 Å². The minimum Gasteiger partial charge on any atom is -0.373 e. The lowest BCUT2D eigenvalue weighted by atomic mass is 10.1. The zero-order valence-corrected chi connectivity index (χ0v) is 19.5. The molecule has 0 bridgehead atoms. The number of aromatic amines is 1. The van der Waals surface area contributed by atoms with Gasteiger partial charge in [0.1, 0.15) is 6.54 Å². The Morgan fingerprint density at radius 3 is 2.56 bits per heavy atom. The highest BCUT2D eigenvalue weighted by molar-refractivity contribution is 7.71. The third kappa shape index (κ3) is 5.32. The van der Waals surface area contributed by atoms with E-state index in [1.807, 2.05) is 49.4 Å². The molecule has 0 spiro atoms. The summed E-state index contributed by atoms with van der Waals surface area (Å²) < 4.78 is 7.98. The molecular weight excluding hydrogens is 422 g/mol. The van der Waals surface area contributed by atoms with Gasteiger partial charge < -0.3 is 10.1 Å². The number of anilines is 1. The second kappa shape index (κ2) is 9.77. The Balaban J connectivity index is 1.48. The SMILES string of the molecule is Cc1ccc(-c2n[nH]c(=S)n2CC(=O)Nc2ccccc2CN2CC(C)OC(C)C2)cc1. The number of para-hydroxylation sites is 1. The van der Waals surface area contributed by atoms with Crippen molar-refractivity contribution >= 4 is 23.8 Å². The normalized spacial score (nSPS) is 19.1. The molecule has 8 heteroatoms. The Labute approximate surface area is 193 Å². The molecule has 168 valence electrons. The topological polar surface area (TPSA) is 75.2 Å². The van der Waals surface area contributed by atoms with Crippen LogP contribution in [0.3, 0.4) is 0 Å². The predicted octanol–water partition coefficient (Wildman–Crippen LogP) is 4.16. The average molecular weight is 452 g/mol. The zero-order chi connectivity index (χ0) is 22.7. The van der Waals surface area contributed by atoms with Crippen molar-refractivity contribution in [3.05, 3.63) is 64.4 Å². The number of H-pyrrole nitrogens is 1. The van der Waals surface area contributed by atoms with Gasteiger partial charge in [0.2, 0.25) is 5.91 Å². The van der Waals surface area contributed by atoms with E-state index in [0.29, 0.717) is 10.6 Å². The molecule has 1 amide bonds. The van der Waals surface area contributed by atoms with Gasteiger partial charge in [-0.1, -0.05) is 48.0 Å². The number of carbonyl (C=O) groups excluding carboxylic acids is 1. The highest BCUT2D eigenvalue weighted by atomic mass is 32.1. The lowest BCUT2D eigenvalue weighted by Crippen LogP contribution is -2.44. The first kappa shape index (κ1) is 22.4. The average Bonchev–Trinajstić information content (AvgIpc) is 3.09. The molecule has 0 radical (unpaired) electrons. The largest absolute Gasteiger partial charge is 0.373 e. The van der Waals surface area contributed by atoms with E-state index in [9.17, 15) is 4.79 Å². The number of rotatable bonds is 6. The highest BCUT2D eigenvalue weighted by Crippen LogP contribution is 2.21.